The summed E-state index contributed by atoms with van der Waals surface area (Å²) in [5.41, 5.74) is 6.36. The highest BCUT2D eigenvalue weighted by atomic mass is 16.5. The summed E-state index contributed by atoms with van der Waals surface area (Å²) < 4.78 is 5.50. The van der Waals surface area contributed by atoms with Crippen LogP contribution >= 0.6 is 0 Å². The first-order valence-electron chi connectivity index (χ1n) is 7.11. The van der Waals surface area contributed by atoms with Gasteiger partial charge in [-0.2, -0.15) is 0 Å². The molecule has 0 aromatic heterocycles. The van der Waals surface area contributed by atoms with Crippen molar-refractivity contribution in [3.63, 3.8) is 0 Å². The lowest BCUT2D eigenvalue weighted by Gasteiger charge is -2.19. The number of likely N-dealkylation sites (N-methyl/N-ethyl adjacent to an activating group) is 1. The lowest BCUT2D eigenvalue weighted by molar-refractivity contribution is -0.121. The Balaban J connectivity index is 1.64. The number of benzene rings is 1. The fourth-order valence-electron chi connectivity index (χ4n) is 2.42. The van der Waals surface area contributed by atoms with Crippen molar-refractivity contribution in [1.82, 2.24) is 10.2 Å². The van der Waals surface area contributed by atoms with Gasteiger partial charge in [0.2, 0.25) is 5.91 Å². The van der Waals surface area contributed by atoms with Gasteiger partial charge in [-0.05, 0) is 38.6 Å². The molecule has 1 aliphatic rings. The third kappa shape index (κ3) is 4.13. The molecule has 0 saturated carbocycles. The van der Waals surface area contributed by atoms with Crippen molar-refractivity contribution in [1.29, 1.82) is 0 Å². The lowest BCUT2D eigenvalue weighted by Crippen LogP contribution is -2.38. The smallest absolute Gasteiger partial charge is 0.223 e. The molecule has 3 N–H and O–H groups in total. The second-order valence-electron chi connectivity index (χ2n) is 5.22. The van der Waals surface area contributed by atoms with E-state index in [1.807, 2.05) is 12.1 Å². The van der Waals surface area contributed by atoms with Crippen LogP contribution in [0.3, 0.4) is 0 Å². The van der Waals surface area contributed by atoms with E-state index in [0.717, 1.165) is 19.5 Å². The van der Waals surface area contributed by atoms with E-state index >= 15 is 0 Å². The molecule has 1 aromatic carbocycles. The summed E-state index contributed by atoms with van der Waals surface area (Å²) in [6, 6.07) is 7.78. The van der Waals surface area contributed by atoms with Gasteiger partial charge >= 0.3 is 0 Å². The molecule has 1 saturated heterocycles. The first-order chi connectivity index (χ1) is 9.66. The zero-order valence-corrected chi connectivity index (χ0v) is 12.0. The molecular weight excluding hydrogens is 254 g/mol. The molecule has 5 nitrogen and oxygen atoms in total. The van der Waals surface area contributed by atoms with Crippen molar-refractivity contribution >= 4 is 11.6 Å². The summed E-state index contributed by atoms with van der Waals surface area (Å²) in [5, 5.41) is 2.96. The highest BCUT2D eigenvalue weighted by molar-refractivity contribution is 5.76. The van der Waals surface area contributed by atoms with Crippen LogP contribution in [0.5, 0.6) is 5.75 Å². The number of likely N-dealkylation sites (tertiary alicyclic amines) is 1. The number of nitrogens with one attached hydrogen (secondary N) is 1. The van der Waals surface area contributed by atoms with Gasteiger partial charge in [0.25, 0.3) is 0 Å². The second-order valence-corrected chi connectivity index (χ2v) is 5.22. The Morgan fingerprint density at radius 1 is 1.50 bits per heavy atom. The van der Waals surface area contributed by atoms with Gasteiger partial charge < -0.3 is 20.7 Å². The minimum Gasteiger partial charge on any atom is -0.491 e. The standard InChI is InChI=1S/C15H23N3O2/c1-18-9-4-5-12(18)11-17-15(19)8-10-20-14-7-3-2-6-13(14)16/h2-3,6-7,12H,4-5,8-11,16H2,1H3,(H,17,19). The van der Waals surface area contributed by atoms with Crippen LogP contribution in [0.4, 0.5) is 5.69 Å². The Morgan fingerprint density at radius 3 is 3.00 bits per heavy atom. The van der Waals surface area contributed by atoms with E-state index < -0.39 is 0 Å². The van der Waals surface area contributed by atoms with Gasteiger partial charge in [-0.25, -0.2) is 0 Å². The van der Waals surface area contributed by atoms with Crippen LogP contribution in [-0.4, -0.2) is 43.6 Å². The Bertz CT molecular complexity index is 450. The van der Waals surface area contributed by atoms with Crippen LogP contribution < -0.4 is 15.8 Å². The molecule has 1 fully saturated rings. The molecule has 5 heteroatoms. The summed E-state index contributed by atoms with van der Waals surface area (Å²) in [5.74, 6) is 0.663. The lowest BCUT2D eigenvalue weighted by atomic mass is 10.2. The Hall–Kier alpha value is -1.75. The predicted octanol–water partition coefficient (Wildman–Crippen LogP) is 1.25. The van der Waals surface area contributed by atoms with Crippen molar-refractivity contribution in [2.24, 2.45) is 0 Å². The molecule has 1 heterocycles. The molecule has 2 rings (SSSR count). The monoisotopic (exact) mass is 277 g/mol. The number of nitrogen functional groups attached to an aromatic ring is 1. The highest BCUT2D eigenvalue weighted by Crippen LogP contribution is 2.19. The van der Waals surface area contributed by atoms with Gasteiger partial charge in [-0.1, -0.05) is 12.1 Å². The van der Waals surface area contributed by atoms with Crippen molar-refractivity contribution in [3.8, 4) is 5.75 Å². The molecular formula is C15H23N3O2. The quantitative estimate of drug-likeness (QED) is 0.768. The number of carbonyl (C=O) groups is 1. The third-order valence-electron chi connectivity index (χ3n) is 3.71. The predicted molar refractivity (Wildman–Crippen MR) is 79.6 cm³/mol. The fourth-order valence-corrected chi connectivity index (χ4v) is 2.42. The van der Waals surface area contributed by atoms with Crippen LogP contribution in [0.25, 0.3) is 0 Å². The summed E-state index contributed by atoms with van der Waals surface area (Å²) >= 11 is 0. The molecule has 1 aromatic rings. The number of ether oxygens (including phenoxy) is 1. The summed E-state index contributed by atoms with van der Waals surface area (Å²) in [7, 11) is 2.10. The average Bonchev–Trinajstić information content (AvgIpc) is 2.84. The van der Waals surface area contributed by atoms with Crippen LogP contribution in [0.15, 0.2) is 24.3 Å². The number of hydrogen-bond donors (Lipinski definition) is 2. The second kappa shape index (κ2) is 7.14. The highest BCUT2D eigenvalue weighted by Gasteiger charge is 2.20. The van der Waals surface area contributed by atoms with Crippen LogP contribution in [0, 0.1) is 0 Å². The first kappa shape index (κ1) is 14.7. The normalized spacial score (nSPS) is 18.9. The van der Waals surface area contributed by atoms with Gasteiger partial charge in [0.15, 0.2) is 0 Å². The third-order valence-corrected chi connectivity index (χ3v) is 3.71. The van der Waals surface area contributed by atoms with Crippen LogP contribution in [0.1, 0.15) is 19.3 Å². The maximum atomic E-state index is 11.7. The van der Waals surface area contributed by atoms with Gasteiger partial charge in [0, 0.05) is 12.6 Å². The largest absolute Gasteiger partial charge is 0.491 e. The molecule has 1 amide bonds. The number of amides is 1. The van der Waals surface area contributed by atoms with Crippen LogP contribution in [-0.2, 0) is 4.79 Å². The van der Waals surface area contributed by atoms with E-state index in [0.29, 0.717) is 30.5 Å². The van der Waals surface area contributed by atoms with E-state index in [2.05, 4.69) is 17.3 Å². The molecule has 1 aliphatic heterocycles. The molecule has 0 radical (unpaired) electrons. The summed E-state index contributed by atoms with van der Waals surface area (Å²) in [6.45, 7) is 2.19. The molecule has 0 bridgehead atoms. The average molecular weight is 277 g/mol. The van der Waals surface area contributed by atoms with E-state index in [4.69, 9.17) is 10.5 Å². The van der Waals surface area contributed by atoms with Gasteiger partial charge in [-0.15, -0.1) is 0 Å². The molecule has 0 aliphatic carbocycles. The van der Waals surface area contributed by atoms with Crippen molar-refractivity contribution in [2.45, 2.75) is 25.3 Å². The number of anilines is 1. The summed E-state index contributed by atoms with van der Waals surface area (Å²) in [6.07, 6.45) is 2.73. The fraction of sp³-hybridized carbons (Fsp3) is 0.533. The van der Waals surface area contributed by atoms with Crippen molar-refractivity contribution in [2.75, 3.05) is 32.5 Å². The van der Waals surface area contributed by atoms with E-state index in [1.165, 1.54) is 6.42 Å². The minimum absolute atomic E-state index is 0.0276. The van der Waals surface area contributed by atoms with Crippen molar-refractivity contribution in [3.05, 3.63) is 24.3 Å². The molecule has 1 atom stereocenters. The zero-order valence-electron chi connectivity index (χ0n) is 12.0. The van der Waals surface area contributed by atoms with Gasteiger partial charge in [0.1, 0.15) is 5.75 Å². The maximum Gasteiger partial charge on any atom is 0.223 e. The molecule has 0 spiro atoms. The Morgan fingerprint density at radius 2 is 2.30 bits per heavy atom. The Kier molecular flexibility index (Phi) is 5.24. The number of hydrogen-bond acceptors (Lipinski definition) is 4. The number of nitrogens with two attached hydrogens (primary N) is 1. The van der Waals surface area contributed by atoms with Crippen LogP contribution in [0.2, 0.25) is 0 Å². The van der Waals surface area contributed by atoms with E-state index in [-0.39, 0.29) is 5.91 Å². The number of para-hydroxylation sites is 2. The van der Waals surface area contributed by atoms with E-state index in [1.54, 1.807) is 12.1 Å². The number of carbonyl (C=O) groups excluding carboxylic acids is 1. The zero-order chi connectivity index (χ0) is 14.4. The molecule has 1 unspecified atom stereocenters. The van der Waals surface area contributed by atoms with Crippen molar-refractivity contribution < 1.29 is 9.53 Å². The van der Waals surface area contributed by atoms with Gasteiger partial charge in [0.05, 0.1) is 18.7 Å². The SMILES string of the molecule is CN1CCCC1CNC(=O)CCOc1ccccc1N. The Labute approximate surface area is 120 Å². The number of nitrogens with zero attached hydrogens (tertiary/aromatic N) is 1. The maximum absolute atomic E-state index is 11.7. The minimum atomic E-state index is 0.0276. The van der Waals surface area contributed by atoms with E-state index in [9.17, 15) is 4.79 Å². The number of rotatable bonds is 6. The topological polar surface area (TPSA) is 67.6 Å². The molecule has 20 heavy (non-hydrogen) atoms. The summed E-state index contributed by atoms with van der Waals surface area (Å²) in [4.78, 5) is 14.0. The van der Waals surface area contributed by atoms with Gasteiger partial charge in [-0.3, -0.25) is 4.79 Å². The first-order valence-corrected chi connectivity index (χ1v) is 7.11. The molecule has 110 valence electrons.